The largest absolute Gasteiger partial charge is 0.489 e. The maximum atomic E-state index is 14.9. The second-order valence-corrected chi connectivity index (χ2v) is 19.2. The number of hydrogen-bond acceptors (Lipinski definition) is 9. The van der Waals surface area contributed by atoms with Crippen LogP contribution in [0.25, 0.3) is 88.5 Å². The van der Waals surface area contributed by atoms with Gasteiger partial charge in [0.05, 0.1) is 33.3 Å². The Bertz CT molecular complexity index is 4090. The maximum absolute atomic E-state index is 14.9. The zero-order valence-electron chi connectivity index (χ0n) is 41.0. The number of ether oxygens (including phenoxy) is 3. The molecule has 10 heteroatoms. The van der Waals surface area contributed by atoms with E-state index >= 15 is 0 Å². The Morgan fingerprint density at radius 2 is 1.23 bits per heavy atom. The number of imidazole rings is 1. The quantitative estimate of drug-likeness (QED) is 0.0872. The van der Waals surface area contributed by atoms with Crippen molar-refractivity contribution in [2.24, 2.45) is 0 Å². The van der Waals surface area contributed by atoms with Gasteiger partial charge in [-0.25, -0.2) is 14.8 Å². The van der Waals surface area contributed by atoms with Gasteiger partial charge in [0.2, 0.25) is 0 Å². The summed E-state index contributed by atoms with van der Waals surface area (Å²) in [6.07, 6.45) is 7.20. The number of nitrogens with zero attached hydrogens (tertiary/aromatic N) is 4. The van der Waals surface area contributed by atoms with Crippen molar-refractivity contribution in [3.8, 4) is 51.0 Å². The molecule has 5 aromatic heterocycles. The average molecular weight is 971 g/mol. The Labute approximate surface area is 426 Å². The van der Waals surface area contributed by atoms with E-state index in [1.165, 1.54) is 6.42 Å². The molecule has 0 N–H and O–H groups in total. The molecule has 10 nitrogen and oxygen atoms in total. The molecule has 5 heterocycles. The number of carbonyl (C=O) groups is 1. The second-order valence-electron chi connectivity index (χ2n) is 19.2. The van der Waals surface area contributed by atoms with Crippen LogP contribution in [0.1, 0.15) is 71.2 Å². The van der Waals surface area contributed by atoms with E-state index in [-0.39, 0.29) is 6.04 Å². The Morgan fingerprint density at radius 3 is 1.95 bits per heavy atom. The van der Waals surface area contributed by atoms with Gasteiger partial charge in [-0.3, -0.25) is 4.98 Å². The van der Waals surface area contributed by atoms with E-state index < -0.39 is 5.97 Å². The van der Waals surface area contributed by atoms with Crippen LogP contribution < -0.4 is 14.2 Å². The zero-order chi connectivity index (χ0) is 49.7. The Kier molecular flexibility index (Phi) is 11.4. The van der Waals surface area contributed by atoms with Gasteiger partial charge >= 0.3 is 5.97 Å². The van der Waals surface area contributed by atoms with Gasteiger partial charge in [-0.2, -0.15) is 0 Å². The standard InChI is InChI=1S/C64H50N4O6/c1-39-59(51-35-47(23-30-57(51)72-39)70-37-41-13-6-3-7-14-41)55-27-20-44-33-45(21-26-54(44)66-55)63-67-62-56(68(63)46-18-10-5-11-19-46)29-25-50(64(69)74-49-22-28-53-43(34-49)17-12-32-65-53)61(62)60-40(2)73-58-31-24-48(36-52(58)60)71-38-42-15-8-4-9-16-42/h3-4,6-9,12-17,20-36,46H,5,10-11,18-19,37-38H2,1-2H3. The van der Waals surface area contributed by atoms with Crippen molar-refractivity contribution in [3.63, 3.8) is 0 Å². The van der Waals surface area contributed by atoms with E-state index in [1.54, 1.807) is 12.3 Å². The first kappa shape index (κ1) is 44.9. The summed E-state index contributed by atoms with van der Waals surface area (Å²) in [7, 11) is 0. The van der Waals surface area contributed by atoms with Crippen molar-refractivity contribution in [2.75, 3.05) is 0 Å². The minimum Gasteiger partial charge on any atom is -0.489 e. The second kappa shape index (κ2) is 18.9. The van der Waals surface area contributed by atoms with E-state index in [4.69, 9.17) is 33.0 Å². The number of hydrogen-bond donors (Lipinski definition) is 0. The van der Waals surface area contributed by atoms with Crippen LogP contribution in [0.2, 0.25) is 0 Å². The van der Waals surface area contributed by atoms with Gasteiger partial charge in [0, 0.05) is 56.0 Å². The molecule has 1 aliphatic rings. The molecule has 0 unspecified atom stereocenters. The van der Waals surface area contributed by atoms with E-state index in [2.05, 4.69) is 52.0 Å². The van der Waals surface area contributed by atoms with Crippen LogP contribution in [0.4, 0.5) is 0 Å². The van der Waals surface area contributed by atoms with Gasteiger partial charge in [-0.15, -0.1) is 0 Å². The minimum absolute atomic E-state index is 0.191. The number of furan rings is 2. The van der Waals surface area contributed by atoms with Crippen LogP contribution >= 0.6 is 0 Å². The first-order valence-electron chi connectivity index (χ1n) is 25.3. The van der Waals surface area contributed by atoms with Crippen molar-refractivity contribution in [2.45, 2.75) is 65.2 Å². The molecule has 1 fully saturated rings. The number of esters is 1. The summed E-state index contributed by atoms with van der Waals surface area (Å²) in [5.74, 6) is 3.61. The molecule has 0 spiro atoms. The topological polar surface area (TPSA) is 115 Å². The van der Waals surface area contributed by atoms with Crippen LogP contribution in [0.3, 0.4) is 0 Å². The smallest absolute Gasteiger partial charge is 0.344 e. The molecular formula is C64H50N4O6. The molecule has 74 heavy (non-hydrogen) atoms. The van der Waals surface area contributed by atoms with Crippen molar-refractivity contribution >= 4 is 60.7 Å². The highest BCUT2D eigenvalue weighted by molar-refractivity contribution is 6.13. The monoisotopic (exact) mass is 970 g/mol. The van der Waals surface area contributed by atoms with E-state index in [1.807, 2.05) is 135 Å². The number of aryl methyl sites for hydroxylation is 2. The molecule has 0 bridgehead atoms. The van der Waals surface area contributed by atoms with Gasteiger partial charge < -0.3 is 27.6 Å². The molecule has 0 aliphatic heterocycles. The van der Waals surface area contributed by atoms with Crippen LogP contribution in [0, 0.1) is 13.8 Å². The molecule has 0 radical (unpaired) electrons. The molecule has 0 amide bonds. The van der Waals surface area contributed by atoms with Gasteiger partial charge in [0.25, 0.3) is 0 Å². The number of rotatable bonds is 12. The molecule has 7 aromatic carbocycles. The number of benzene rings is 7. The lowest BCUT2D eigenvalue weighted by molar-refractivity contribution is 0.0736. The van der Waals surface area contributed by atoms with E-state index in [0.29, 0.717) is 52.7 Å². The minimum atomic E-state index is -0.506. The molecular weight excluding hydrogens is 921 g/mol. The van der Waals surface area contributed by atoms with Crippen LogP contribution in [-0.2, 0) is 13.2 Å². The van der Waals surface area contributed by atoms with Crippen LogP contribution in [0.5, 0.6) is 17.2 Å². The summed E-state index contributed by atoms with van der Waals surface area (Å²) in [4.78, 5) is 30.2. The average Bonchev–Trinajstić information content (AvgIpc) is 4.11. The summed E-state index contributed by atoms with van der Waals surface area (Å²) in [6, 6.07) is 56.1. The maximum Gasteiger partial charge on any atom is 0.344 e. The first-order chi connectivity index (χ1) is 36.4. The van der Waals surface area contributed by atoms with Gasteiger partial charge in [-0.05, 0) is 135 Å². The molecule has 362 valence electrons. The summed E-state index contributed by atoms with van der Waals surface area (Å²) in [5, 5.41) is 3.60. The summed E-state index contributed by atoms with van der Waals surface area (Å²) < 4.78 is 34.1. The van der Waals surface area contributed by atoms with Crippen molar-refractivity contribution in [1.29, 1.82) is 0 Å². The van der Waals surface area contributed by atoms with Crippen LogP contribution in [0.15, 0.2) is 185 Å². The Balaban J connectivity index is 0.935. The lowest BCUT2D eigenvalue weighted by atomic mass is 9.93. The predicted octanol–water partition coefficient (Wildman–Crippen LogP) is 16.1. The molecule has 13 rings (SSSR count). The van der Waals surface area contributed by atoms with Crippen molar-refractivity contribution in [3.05, 3.63) is 204 Å². The normalized spacial score (nSPS) is 13.1. The van der Waals surface area contributed by atoms with E-state index in [0.717, 1.165) is 120 Å². The fourth-order valence-corrected chi connectivity index (χ4v) is 10.9. The van der Waals surface area contributed by atoms with Crippen molar-refractivity contribution < 1.29 is 27.8 Å². The first-order valence-corrected chi connectivity index (χ1v) is 25.3. The molecule has 1 saturated carbocycles. The van der Waals surface area contributed by atoms with Gasteiger partial charge in [0.1, 0.15) is 59.0 Å². The SMILES string of the molecule is Cc1oc2ccc(OCc3ccccc3)cc2c1-c1ccc2cc(-c3nc4c(-c5c(C)oc6ccc(OCc7ccccc7)cc56)c(C(=O)Oc5ccc6ncccc6c5)ccc4n3C3CCCCC3)ccc2n1. The fraction of sp³-hybridized carbons (Fsp3) is 0.156. The Morgan fingerprint density at radius 1 is 0.581 bits per heavy atom. The highest BCUT2D eigenvalue weighted by Gasteiger charge is 2.30. The Hall–Kier alpha value is -9.02. The summed E-state index contributed by atoms with van der Waals surface area (Å²) in [6.45, 7) is 4.79. The fourth-order valence-electron chi connectivity index (χ4n) is 10.9. The lowest BCUT2D eigenvalue weighted by Crippen LogP contribution is -2.14. The highest BCUT2D eigenvalue weighted by atomic mass is 16.5. The molecule has 1 aliphatic carbocycles. The van der Waals surface area contributed by atoms with Gasteiger partial charge in [0.15, 0.2) is 0 Å². The number of fused-ring (bicyclic) bond motifs is 5. The third-order valence-corrected chi connectivity index (χ3v) is 14.4. The van der Waals surface area contributed by atoms with E-state index in [9.17, 15) is 4.79 Å². The third-order valence-electron chi connectivity index (χ3n) is 14.4. The highest BCUT2D eigenvalue weighted by Crippen LogP contribution is 2.45. The molecule has 0 atom stereocenters. The number of carbonyl (C=O) groups excluding carboxylic acids is 1. The molecule has 12 aromatic rings. The summed E-state index contributed by atoms with van der Waals surface area (Å²) >= 11 is 0. The third kappa shape index (κ3) is 8.37. The number of aromatic nitrogens is 4. The summed E-state index contributed by atoms with van der Waals surface area (Å²) in [5.41, 5.74) is 11.4. The lowest BCUT2D eigenvalue weighted by Gasteiger charge is -2.26. The predicted molar refractivity (Wildman–Crippen MR) is 291 cm³/mol. The molecule has 0 saturated heterocycles. The van der Waals surface area contributed by atoms with Gasteiger partial charge in [-0.1, -0.05) is 92.1 Å². The van der Waals surface area contributed by atoms with Crippen LogP contribution in [-0.4, -0.2) is 25.5 Å². The zero-order valence-corrected chi connectivity index (χ0v) is 41.0. The number of pyridine rings is 2. The van der Waals surface area contributed by atoms with Crippen molar-refractivity contribution in [1.82, 2.24) is 19.5 Å².